The zero-order chi connectivity index (χ0) is 22.5. The van der Waals surface area contributed by atoms with Crippen molar-refractivity contribution in [3.8, 4) is 0 Å². The van der Waals surface area contributed by atoms with Gasteiger partial charge in [-0.2, -0.15) is 0 Å². The standard InChI is InChI=1S/C28H38N2S/c1-7-27-29(19-18-20(2)16-17-22(4)31)28-21(3)12-11-15-26(28)30(27)24(6)23(5)25-13-9-8-10-14-25/h8-11,13,15-17,20-21,25,27,31H,4-7,12,14,18-19H2,1-3H3/b17-16-. The second kappa shape index (κ2) is 10.5. The van der Waals surface area contributed by atoms with E-state index in [1.54, 1.807) is 0 Å². The van der Waals surface area contributed by atoms with Crippen LogP contribution < -0.4 is 0 Å². The van der Waals surface area contributed by atoms with Crippen LogP contribution in [0.4, 0.5) is 0 Å². The van der Waals surface area contributed by atoms with Crippen molar-refractivity contribution in [3.05, 3.63) is 95.9 Å². The van der Waals surface area contributed by atoms with E-state index < -0.39 is 0 Å². The molecule has 0 radical (unpaired) electrons. The van der Waals surface area contributed by atoms with Crippen molar-refractivity contribution in [2.45, 2.75) is 52.6 Å². The molecule has 166 valence electrons. The molecule has 2 nitrogen and oxygen atoms in total. The fourth-order valence-corrected chi connectivity index (χ4v) is 4.93. The Bertz CT molecular complexity index is 869. The van der Waals surface area contributed by atoms with Crippen LogP contribution in [0.25, 0.3) is 0 Å². The third-order valence-corrected chi connectivity index (χ3v) is 6.77. The molecule has 4 unspecified atom stereocenters. The van der Waals surface area contributed by atoms with Crippen molar-refractivity contribution in [2.24, 2.45) is 17.8 Å². The molecule has 1 heterocycles. The van der Waals surface area contributed by atoms with Crippen LogP contribution in [0.2, 0.25) is 0 Å². The molecule has 0 fully saturated rings. The highest BCUT2D eigenvalue weighted by Gasteiger charge is 2.40. The summed E-state index contributed by atoms with van der Waals surface area (Å²) >= 11 is 4.29. The highest BCUT2D eigenvalue weighted by atomic mass is 32.1. The number of hydrogen-bond acceptors (Lipinski definition) is 3. The highest BCUT2D eigenvalue weighted by molar-refractivity contribution is 7.84. The van der Waals surface area contributed by atoms with Gasteiger partial charge in [0.25, 0.3) is 0 Å². The summed E-state index contributed by atoms with van der Waals surface area (Å²) in [6.45, 7) is 20.8. The van der Waals surface area contributed by atoms with E-state index >= 15 is 0 Å². The van der Waals surface area contributed by atoms with Crippen molar-refractivity contribution < 1.29 is 0 Å². The van der Waals surface area contributed by atoms with Gasteiger partial charge in [-0.1, -0.05) is 83.0 Å². The van der Waals surface area contributed by atoms with Crippen LogP contribution in [0.3, 0.4) is 0 Å². The minimum atomic E-state index is 0.290. The average Bonchev–Trinajstić information content (AvgIpc) is 3.10. The molecule has 3 rings (SSSR count). The van der Waals surface area contributed by atoms with Gasteiger partial charge in [0.15, 0.2) is 0 Å². The number of nitrogens with zero attached hydrogens (tertiary/aromatic N) is 2. The van der Waals surface area contributed by atoms with Gasteiger partial charge in [0.05, 0.1) is 5.70 Å². The van der Waals surface area contributed by atoms with Crippen LogP contribution in [-0.2, 0) is 0 Å². The molecule has 3 aliphatic rings. The molecule has 0 N–H and O–H groups in total. The lowest BCUT2D eigenvalue weighted by Crippen LogP contribution is -2.41. The van der Waals surface area contributed by atoms with E-state index in [4.69, 9.17) is 0 Å². The maximum Gasteiger partial charge on any atom is 0.106 e. The lowest BCUT2D eigenvalue weighted by Gasteiger charge is -2.37. The Kier molecular flexibility index (Phi) is 7.94. The second-order valence-corrected chi connectivity index (χ2v) is 9.58. The second-order valence-electron chi connectivity index (χ2n) is 9.01. The van der Waals surface area contributed by atoms with Gasteiger partial charge in [0.2, 0.25) is 0 Å². The summed E-state index contributed by atoms with van der Waals surface area (Å²) in [5.74, 6) is 1.32. The first-order chi connectivity index (χ1) is 14.8. The summed E-state index contributed by atoms with van der Waals surface area (Å²) in [5, 5.41) is 0. The zero-order valence-electron chi connectivity index (χ0n) is 19.4. The smallest absolute Gasteiger partial charge is 0.106 e. The van der Waals surface area contributed by atoms with Crippen molar-refractivity contribution in [1.82, 2.24) is 9.80 Å². The third kappa shape index (κ3) is 5.20. The minimum absolute atomic E-state index is 0.290. The van der Waals surface area contributed by atoms with Crippen LogP contribution >= 0.6 is 12.6 Å². The van der Waals surface area contributed by atoms with Gasteiger partial charge in [-0.05, 0) is 48.2 Å². The van der Waals surface area contributed by atoms with Crippen molar-refractivity contribution in [3.63, 3.8) is 0 Å². The van der Waals surface area contributed by atoms with E-state index in [-0.39, 0.29) is 0 Å². The molecule has 0 saturated heterocycles. The highest BCUT2D eigenvalue weighted by Crippen LogP contribution is 2.44. The normalized spacial score (nSPS) is 26.0. The van der Waals surface area contributed by atoms with E-state index in [0.717, 1.165) is 48.4 Å². The van der Waals surface area contributed by atoms with Crippen LogP contribution in [0, 0.1) is 17.8 Å². The molecule has 4 atom stereocenters. The SMILES string of the molecule is C=C(S)/C=C\C(C)CCN1C2=C(C=CCC2C)N(C(=C)C(=C)C2C=CC=CC2)C1CC. The Labute approximate surface area is 195 Å². The quantitative estimate of drug-likeness (QED) is 0.299. The minimum Gasteiger partial charge on any atom is -0.352 e. The Hall–Kier alpha value is -2.13. The topological polar surface area (TPSA) is 6.48 Å². The molecule has 0 aromatic heterocycles. The summed E-state index contributed by atoms with van der Waals surface area (Å²) in [7, 11) is 0. The number of hydrogen-bond donors (Lipinski definition) is 1. The predicted molar refractivity (Wildman–Crippen MR) is 138 cm³/mol. The summed E-state index contributed by atoms with van der Waals surface area (Å²) in [6.07, 6.45) is 22.1. The maximum absolute atomic E-state index is 4.55. The van der Waals surface area contributed by atoms with Crippen LogP contribution in [0.1, 0.15) is 46.5 Å². The van der Waals surface area contributed by atoms with E-state index in [9.17, 15) is 0 Å². The van der Waals surface area contributed by atoms with Gasteiger partial charge in [0.1, 0.15) is 6.17 Å². The van der Waals surface area contributed by atoms with E-state index in [1.807, 2.05) is 6.08 Å². The first kappa shape index (κ1) is 23.5. The monoisotopic (exact) mass is 434 g/mol. The molecule has 31 heavy (non-hydrogen) atoms. The predicted octanol–water partition coefficient (Wildman–Crippen LogP) is 7.38. The molecular formula is C28H38N2S. The van der Waals surface area contributed by atoms with E-state index in [2.05, 4.69) is 105 Å². The molecule has 0 bridgehead atoms. The maximum atomic E-state index is 4.55. The van der Waals surface area contributed by atoms with Crippen LogP contribution in [0.15, 0.2) is 95.9 Å². The first-order valence-electron chi connectivity index (χ1n) is 11.6. The molecule has 2 aliphatic carbocycles. The molecule has 0 spiro atoms. The van der Waals surface area contributed by atoms with Gasteiger partial charge in [-0.3, -0.25) is 0 Å². The van der Waals surface area contributed by atoms with Gasteiger partial charge in [-0.25, -0.2) is 0 Å². The Morgan fingerprint density at radius 1 is 1.23 bits per heavy atom. The summed E-state index contributed by atoms with van der Waals surface area (Å²) in [6, 6.07) is 0. The third-order valence-electron chi connectivity index (χ3n) is 6.62. The molecule has 0 amide bonds. The average molecular weight is 435 g/mol. The molecule has 3 heteroatoms. The molecular weight excluding hydrogens is 396 g/mol. The molecule has 1 aliphatic heterocycles. The van der Waals surface area contributed by atoms with Gasteiger partial charge in [-0.15, -0.1) is 12.6 Å². The van der Waals surface area contributed by atoms with Crippen molar-refractivity contribution in [2.75, 3.05) is 6.54 Å². The number of thiol groups is 1. The van der Waals surface area contributed by atoms with Gasteiger partial charge >= 0.3 is 0 Å². The van der Waals surface area contributed by atoms with Crippen molar-refractivity contribution in [1.29, 1.82) is 0 Å². The van der Waals surface area contributed by atoms with Crippen molar-refractivity contribution >= 4 is 12.6 Å². The molecule has 0 aromatic carbocycles. The van der Waals surface area contributed by atoms with E-state index in [0.29, 0.717) is 23.9 Å². The lowest BCUT2D eigenvalue weighted by atomic mass is 9.90. The lowest BCUT2D eigenvalue weighted by molar-refractivity contribution is 0.151. The summed E-state index contributed by atoms with van der Waals surface area (Å²) in [5.41, 5.74) is 4.98. The number of rotatable bonds is 9. The molecule has 0 saturated carbocycles. The largest absolute Gasteiger partial charge is 0.352 e. The summed E-state index contributed by atoms with van der Waals surface area (Å²) in [4.78, 5) is 5.91. The fraction of sp³-hybridized carbons (Fsp3) is 0.429. The Morgan fingerprint density at radius 3 is 2.65 bits per heavy atom. The number of allylic oxidation sites excluding steroid dienone is 10. The van der Waals surface area contributed by atoms with Gasteiger partial charge < -0.3 is 9.80 Å². The first-order valence-corrected chi connectivity index (χ1v) is 12.0. The van der Waals surface area contributed by atoms with E-state index in [1.165, 1.54) is 11.4 Å². The Morgan fingerprint density at radius 2 is 2.00 bits per heavy atom. The molecule has 0 aromatic rings. The fourth-order valence-electron chi connectivity index (χ4n) is 4.85. The van der Waals surface area contributed by atoms with Gasteiger partial charge in [0, 0.05) is 29.8 Å². The Balaban J connectivity index is 1.84. The van der Waals surface area contributed by atoms with Crippen LogP contribution in [0.5, 0.6) is 0 Å². The summed E-state index contributed by atoms with van der Waals surface area (Å²) < 4.78 is 0. The van der Waals surface area contributed by atoms with Crippen LogP contribution in [-0.4, -0.2) is 22.5 Å². The zero-order valence-corrected chi connectivity index (χ0v) is 20.3.